The van der Waals surface area contributed by atoms with E-state index in [0.717, 1.165) is 38.8 Å². The first-order valence-corrected chi connectivity index (χ1v) is 18.4. The van der Waals surface area contributed by atoms with Gasteiger partial charge < -0.3 is 15.3 Å². The van der Waals surface area contributed by atoms with Gasteiger partial charge in [-0.2, -0.15) is 0 Å². The lowest BCUT2D eigenvalue weighted by Gasteiger charge is -2.13. The van der Waals surface area contributed by atoms with Crippen LogP contribution in [0.2, 0.25) is 0 Å². The van der Waals surface area contributed by atoms with Crippen molar-refractivity contribution >= 4 is 5.97 Å². The smallest absolute Gasteiger partial charge is 0.303 e. The van der Waals surface area contributed by atoms with Crippen LogP contribution in [0, 0.1) is 38.0 Å². The maximum absolute atomic E-state index is 10.3. The van der Waals surface area contributed by atoms with Gasteiger partial charge in [0.25, 0.3) is 5.09 Å². The summed E-state index contributed by atoms with van der Waals surface area (Å²) in [7, 11) is 0.889. The molecule has 0 bridgehead atoms. The van der Waals surface area contributed by atoms with E-state index in [2.05, 4.69) is 105 Å². The SMILES string of the molecule is C/C=C\CCC/C(=C\CC)NCC.CCCC(/C=C/CCCc1ccccc1)CC.C[N+](=O)[O-].O=C(O)CCCC(CO[N+](=O)[O-])C1CC1. The maximum atomic E-state index is 10.3. The number of nitro groups is 1. The van der Waals surface area contributed by atoms with Crippen LogP contribution < -0.4 is 5.32 Å². The fourth-order valence-electron chi connectivity index (χ4n) is 5.17. The van der Waals surface area contributed by atoms with Crippen molar-refractivity contribution in [2.75, 3.05) is 20.2 Å². The molecule has 0 saturated heterocycles. The Morgan fingerprint density at radius 1 is 1.00 bits per heavy atom. The lowest BCUT2D eigenvalue weighted by molar-refractivity contribution is -0.759. The van der Waals surface area contributed by atoms with E-state index in [4.69, 9.17) is 15.2 Å². The van der Waals surface area contributed by atoms with E-state index < -0.39 is 16.0 Å². The highest BCUT2D eigenvalue weighted by Gasteiger charge is 2.31. The van der Waals surface area contributed by atoms with Crippen LogP contribution in [0.3, 0.4) is 0 Å². The van der Waals surface area contributed by atoms with Crippen molar-refractivity contribution in [3.05, 3.63) is 92.2 Å². The van der Waals surface area contributed by atoms with Gasteiger partial charge in [0, 0.05) is 23.6 Å². The Bertz CT molecular complexity index is 1040. The minimum absolute atomic E-state index is 0.108. The topological polar surface area (TPSA) is 145 Å². The summed E-state index contributed by atoms with van der Waals surface area (Å²) < 4.78 is 0. The Kier molecular flexibility index (Phi) is 33.1. The third kappa shape index (κ3) is 35.4. The zero-order valence-corrected chi connectivity index (χ0v) is 31.3. The standard InChI is InChI=1S/C17H26.C12H23N.C9H15NO5.CH3NO2/c1-3-11-16(4-2)12-7-5-8-13-17-14-9-6-10-15-17;1-4-7-8-9-11-12(10-5-2)13-6-3;11-9(12)3-1-2-8(7-4-5-7)6-15-10(13)14;1-2(3)4/h6-7,9-10,12,14-16H,3-5,8,11,13H2,1-2H3;4,7,10,13H,5-6,8-9,11H2,1-3H3;7-8H,1-6H2,(H,11,12);1H3/b12-7+;7-4-,12-10+;;. The Morgan fingerprint density at radius 3 is 2.16 bits per heavy atom. The monoisotopic (exact) mass is 689 g/mol. The molecular formula is C39H67N3O7. The average Bonchev–Trinajstić information content (AvgIpc) is 3.90. The minimum Gasteiger partial charge on any atom is -0.481 e. The normalized spacial score (nSPS) is 13.6. The molecule has 1 aliphatic rings. The first kappa shape index (κ1) is 47.4. The van der Waals surface area contributed by atoms with Gasteiger partial charge in [-0.3, -0.25) is 14.9 Å². The molecule has 0 amide bonds. The number of carbonyl (C=O) groups is 1. The molecule has 2 rings (SSSR count). The molecule has 0 spiro atoms. The molecule has 0 radical (unpaired) electrons. The number of aliphatic carboxylic acids is 1. The highest BCUT2D eigenvalue weighted by Crippen LogP contribution is 2.39. The van der Waals surface area contributed by atoms with Gasteiger partial charge in [-0.25, -0.2) is 0 Å². The van der Waals surface area contributed by atoms with Crippen LogP contribution in [0.5, 0.6) is 0 Å². The molecule has 1 aliphatic carbocycles. The molecule has 2 atom stereocenters. The second-order valence-corrected chi connectivity index (χ2v) is 12.2. The van der Waals surface area contributed by atoms with Gasteiger partial charge in [0.15, 0.2) is 7.05 Å². The van der Waals surface area contributed by atoms with Gasteiger partial charge in [0.1, 0.15) is 0 Å². The van der Waals surface area contributed by atoms with E-state index in [0.29, 0.717) is 18.8 Å². The number of hydrogen-bond donors (Lipinski definition) is 2. The Labute approximate surface area is 296 Å². The lowest BCUT2D eigenvalue weighted by Crippen LogP contribution is -2.15. The number of hydrogen-bond acceptors (Lipinski definition) is 7. The number of rotatable bonds is 23. The van der Waals surface area contributed by atoms with Crippen LogP contribution in [0.15, 0.2) is 66.4 Å². The fraction of sp³-hybridized carbons (Fsp3) is 0.667. The zero-order valence-electron chi connectivity index (χ0n) is 31.3. The van der Waals surface area contributed by atoms with E-state index in [-0.39, 0.29) is 18.9 Å². The van der Waals surface area contributed by atoms with Crippen molar-refractivity contribution in [2.24, 2.45) is 17.8 Å². The molecule has 0 aliphatic heterocycles. The summed E-state index contributed by atoms with van der Waals surface area (Å²) >= 11 is 0. The highest BCUT2D eigenvalue weighted by atomic mass is 16.9. The maximum Gasteiger partial charge on any atom is 0.303 e. The third-order valence-electron chi connectivity index (χ3n) is 7.83. The third-order valence-corrected chi connectivity index (χ3v) is 7.83. The predicted octanol–water partition coefficient (Wildman–Crippen LogP) is 10.4. The van der Waals surface area contributed by atoms with Gasteiger partial charge in [0.2, 0.25) is 0 Å². The summed E-state index contributed by atoms with van der Waals surface area (Å²) in [5, 5.41) is 29.9. The molecule has 10 nitrogen and oxygen atoms in total. The second kappa shape index (κ2) is 34.2. The van der Waals surface area contributed by atoms with Crippen molar-refractivity contribution in [3.63, 3.8) is 0 Å². The number of benzene rings is 1. The molecule has 49 heavy (non-hydrogen) atoms. The summed E-state index contributed by atoms with van der Waals surface area (Å²) in [5.74, 6) is 0.630. The van der Waals surface area contributed by atoms with Crippen molar-refractivity contribution in [2.45, 2.75) is 131 Å². The Hall–Kier alpha value is -3.69. The van der Waals surface area contributed by atoms with Crippen molar-refractivity contribution in [1.82, 2.24) is 5.32 Å². The number of aryl methyl sites for hydroxylation is 1. The van der Waals surface area contributed by atoms with Gasteiger partial charge in [0.05, 0.1) is 6.61 Å². The van der Waals surface area contributed by atoms with E-state index in [9.17, 15) is 14.9 Å². The first-order chi connectivity index (χ1) is 23.5. The summed E-state index contributed by atoms with van der Waals surface area (Å²) in [4.78, 5) is 33.0. The van der Waals surface area contributed by atoms with Crippen molar-refractivity contribution in [3.8, 4) is 0 Å². The second-order valence-electron chi connectivity index (χ2n) is 12.2. The summed E-state index contributed by atoms with van der Waals surface area (Å²) in [6.45, 7) is 12.1. The molecule has 0 aromatic heterocycles. The van der Waals surface area contributed by atoms with Crippen LogP contribution in [0.25, 0.3) is 0 Å². The van der Waals surface area contributed by atoms with Crippen LogP contribution in [0.1, 0.15) is 130 Å². The summed E-state index contributed by atoms with van der Waals surface area (Å²) in [6, 6.07) is 10.8. The molecule has 1 aromatic rings. The molecule has 2 N–H and O–H groups in total. The van der Waals surface area contributed by atoms with E-state index in [1.54, 1.807) is 0 Å². The summed E-state index contributed by atoms with van der Waals surface area (Å²) in [6.07, 6.45) is 27.4. The van der Waals surface area contributed by atoms with Crippen LogP contribution in [-0.2, 0) is 16.1 Å². The van der Waals surface area contributed by atoms with Crippen molar-refractivity contribution < 1.29 is 24.7 Å². The van der Waals surface area contributed by atoms with E-state index in [1.165, 1.54) is 69.0 Å². The number of unbranched alkanes of at least 4 members (excludes halogenated alkanes) is 2. The molecule has 1 aromatic carbocycles. The Balaban J connectivity index is 0. The Morgan fingerprint density at radius 2 is 1.65 bits per heavy atom. The molecule has 1 saturated carbocycles. The number of nitrogens with one attached hydrogen (secondary N) is 1. The minimum atomic E-state index is -0.820. The number of allylic oxidation sites excluding steroid dienone is 6. The van der Waals surface area contributed by atoms with Crippen LogP contribution in [-0.4, -0.2) is 41.3 Å². The van der Waals surface area contributed by atoms with Crippen molar-refractivity contribution in [1.29, 1.82) is 0 Å². The molecule has 0 heterocycles. The largest absolute Gasteiger partial charge is 0.481 e. The average molecular weight is 690 g/mol. The summed E-state index contributed by atoms with van der Waals surface area (Å²) in [5.41, 5.74) is 2.87. The van der Waals surface area contributed by atoms with Crippen LogP contribution in [0.4, 0.5) is 0 Å². The molecular weight excluding hydrogens is 622 g/mol. The number of carboxylic acid groups (broad SMARTS) is 1. The van der Waals surface area contributed by atoms with Gasteiger partial charge in [-0.15, -0.1) is 10.1 Å². The fourth-order valence-corrected chi connectivity index (χ4v) is 5.17. The lowest BCUT2D eigenvalue weighted by atomic mass is 9.98. The van der Waals surface area contributed by atoms with Crippen LogP contribution >= 0.6 is 0 Å². The van der Waals surface area contributed by atoms with Gasteiger partial charge >= 0.3 is 5.97 Å². The first-order valence-electron chi connectivity index (χ1n) is 18.4. The van der Waals surface area contributed by atoms with Gasteiger partial charge in [-0.1, -0.05) is 87.9 Å². The molecule has 1 fully saturated rings. The molecule has 10 heteroatoms. The zero-order chi connectivity index (χ0) is 37.1. The molecule has 2 unspecified atom stereocenters. The molecule has 280 valence electrons. The number of carboxylic acids is 1. The van der Waals surface area contributed by atoms with E-state index in [1.807, 2.05) is 0 Å². The predicted molar refractivity (Wildman–Crippen MR) is 201 cm³/mol. The highest BCUT2D eigenvalue weighted by molar-refractivity contribution is 5.66. The van der Waals surface area contributed by atoms with Gasteiger partial charge in [-0.05, 0) is 121 Å². The van der Waals surface area contributed by atoms with E-state index >= 15 is 0 Å². The quantitative estimate of drug-likeness (QED) is 0.0500. The number of nitrogens with zero attached hydrogens (tertiary/aromatic N) is 2.